The number of aromatic nitrogens is 2. The first-order valence-electron chi connectivity index (χ1n) is 26.7. The number of aliphatic hydroxyl groups excluding tert-OH is 1. The normalized spacial score (nSPS) is 17.4. The van der Waals surface area contributed by atoms with Gasteiger partial charge in [0.1, 0.15) is 36.3 Å². The van der Waals surface area contributed by atoms with Gasteiger partial charge in [-0.25, -0.2) is 14.4 Å². The summed E-state index contributed by atoms with van der Waals surface area (Å²) in [6.45, 7) is 11.9. The minimum Gasteiger partial charge on any atom is -0.489 e. The number of thiazole rings is 2. The van der Waals surface area contributed by atoms with Crippen LogP contribution in [0.5, 0.6) is 5.75 Å². The van der Waals surface area contributed by atoms with E-state index in [1.807, 2.05) is 87.8 Å². The standard InChI is InChI=1S/C60H66FN9O7S2/c1-39-53(79-38-64-39)43-19-17-40(18-20-43)23-24-62-55(73)48-33-46(71)35-69(48)58(76)54(60(2,3)4)65-50(72)36-68-29-27-67(28-30-68)26-10-6-9-14-42-15-11-16-44-34-70(57(75)51(42)44)52(56(74)66-59-63-25-31-78-59)47-32-45(61)21-22-49(47)77-37-41-12-7-5-8-13-41/h5,7-8,11-13,15-22,25,31-32,38,46,48,52,54,71H,6,10,23-24,26-30,33-37H2,1-4H3,(H,62,73)(H,65,72)(H,63,66,74)/t46-,48-,52+,54+/m0/s1. The number of benzene rings is 4. The van der Waals surface area contributed by atoms with Crippen LogP contribution in [0.4, 0.5) is 9.52 Å². The first kappa shape index (κ1) is 56.4. The van der Waals surface area contributed by atoms with E-state index in [-0.39, 0.29) is 55.8 Å². The Morgan fingerprint density at radius 1 is 0.924 bits per heavy atom. The Kier molecular flexibility index (Phi) is 18.3. The maximum absolute atomic E-state index is 15.1. The molecule has 9 rings (SSSR count). The molecule has 412 valence electrons. The number of aliphatic hydroxyl groups is 1. The van der Waals surface area contributed by atoms with Crippen LogP contribution in [0.25, 0.3) is 10.4 Å². The molecule has 0 unspecified atom stereocenters. The Morgan fingerprint density at radius 2 is 1.70 bits per heavy atom. The highest BCUT2D eigenvalue weighted by Gasteiger charge is 2.45. The van der Waals surface area contributed by atoms with E-state index in [4.69, 9.17) is 4.74 Å². The summed E-state index contributed by atoms with van der Waals surface area (Å²) in [5.74, 6) is 4.19. The van der Waals surface area contributed by atoms with Crippen LogP contribution >= 0.6 is 22.7 Å². The molecule has 3 aliphatic heterocycles. The number of likely N-dealkylation sites (tertiary alicyclic amines) is 1. The summed E-state index contributed by atoms with van der Waals surface area (Å²) < 4.78 is 21.3. The van der Waals surface area contributed by atoms with Crippen LogP contribution in [0.2, 0.25) is 0 Å². The second-order valence-electron chi connectivity index (χ2n) is 21.2. The molecule has 19 heteroatoms. The van der Waals surface area contributed by atoms with Gasteiger partial charge in [0, 0.05) is 81.4 Å². The Balaban J connectivity index is 0.749. The Hall–Kier alpha value is -7.34. The predicted octanol–water partition coefficient (Wildman–Crippen LogP) is 7.23. The topological polar surface area (TPSA) is 190 Å². The van der Waals surface area contributed by atoms with Gasteiger partial charge in [0.05, 0.1) is 34.3 Å². The number of anilines is 1. The van der Waals surface area contributed by atoms with Crippen LogP contribution in [0.15, 0.2) is 108 Å². The second kappa shape index (κ2) is 25.6. The lowest BCUT2D eigenvalue weighted by Gasteiger charge is -2.37. The van der Waals surface area contributed by atoms with Crippen molar-refractivity contribution in [2.45, 2.75) is 90.8 Å². The molecule has 6 aromatic rings. The highest BCUT2D eigenvalue weighted by atomic mass is 32.1. The first-order chi connectivity index (χ1) is 38.1. The number of rotatable bonds is 19. The molecule has 2 saturated heterocycles. The molecule has 79 heavy (non-hydrogen) atoms. The van der Waals surface area contributed by atoms with E-state index < -0.39 is 53.2 Å². The van der Waals surface area contributed by atoms with Crippen molar-refractivity contribution in [1.82, 2.24) is 40.2 Å². The van der Waals surface area contributed by atoms with Gasteiger partial charge in [-0.05, 0) is 78.2 Å². The summed E-state index contributed by atoms with van der Waals surface area (Å²) in [4.78, 5) is 87.0. The zero-order chi connectivity index (χ0) is 55.6. The second-order valence-corrected chi connectivity index (χ2v) is 23.0. The van der Waals surface area contributed by atoms with E-state index in [0.717, 1.165) is 53.3 Å². The highest BCUT2D eigenvalue weighted by molar-refractivity contribution is 7.14. The number of unbranched alkanes of at least 4 members (excludes halogenated alkanes) is 1. The maximum atomic E-state index is 15.1. The largest absolute Gasteiger partial charge is 0.489 e. The third-order valence-corrected chi connectivity index (χ3v) is 16.1. The highest BCUT2D eigenvalue weighted by Crippen LogP contribution is 2.39. The minimum absolute atomic E-state index is 0.00181. The molecule has 0 bridgehead atoms. The molecule has 0 aliphatic carbocycles. The van der Waals surface area contributed by atoms with E-state index in [2.05, 4.69) is 59.7 Å². The molecule has 4 N–H and O–H groups in total. The van der Waals surface area contributed by atoms with Gasteiger partial charge in [0.15, 0.2) is 5.13 Å². The number of carbonyl (C=O) groups excluding carboxylic acids is 5. The van der Waals surface area contributed by atoms with Crippen molar-refractivity contribution < 1.29 is 38.2 Å². The molecule has 2 aromatic heterocycles. The van der Waals surface area contributed by atoms with Gasteiger partial charge in [-0.1, -0.05) is 99.3 Å². The smallest absolute Gasteiger partial charge is 0.256 e. The molecular weight excluding hydrogens is 1040 g/mol. The Bertz CT molecular complexity index is 3190. The third kappa shape index (κ3) is 14.1. The quantitative estimate of drug-likeness (QED) is 0.0473. The lowest BCUT2D eigenvalue weighted by Crippen LogP contribution is -2.59. The first-order valence-corrected chi connectivity index (χ1v) is 28.4. The van der Waals surface area contributed by atoms with E-state index in [1.54, 1.807) is 29.0 Å². The number of hydrogen-bond donors (Lipinski definition) is 4. The molecule has 0 saturated carbocycles. The SMILES string of the molecule is Cc1ncsc1-c1ccc(CCNC(=O)[C@@H]2C[C@H](O)CN2C(=O)[C@@H](NC(=O)CN2CCN(CCCC#Cc3cccc4c3C(=O)N([C@@H](C(=O)Nc3nccs3)c3cc(F)ccc3OCc3ccccc3)C4)CC2)C(C)(C)C)cc1. The molecule has 16 nitrogen and oxygen atoms in total. The van der Waals surface area contributed by atoms with Crippen molar-refractivity contribution in [3.05, 3.63) is 153 Å². The van der Waals surface area contributed by atoms with Crippen molar-refractivity contribution in [3.63, 3.8) is 0 Å². The zero-order valence-electron chi connectivity index (χ0n) is 44.9. The molecule has 4 atom stereocenters. The number of fused-ring (bicyclic) bond motifs is 1. The Morgan fingerprint density at radius 3 is 2.42 bits per heavy atom. The van der Waals surface area contributed by atoms with E-state index in [1.165, 1.54) is 39.3 Å². The fourth-order valence-corrected chi connectivity index (χ4v) is 11.6. The van der Waals surface area contributed by atoms with Crippen LogP contribution in [0.1, 0.15) is 89.9 Å². The van der Waals surface area contributed by atoms with E-state index in [9.17, 15) is 29.1 Å². The predicted molar refractivity (Wildman–Crippen MR) is 302 cm³/mol. The number of amides is 5. The van der Waals surface area contributed by atoms with E-state index in [0.29, 0.717) is 54.3 Å². The van der Waals surface area contributed by atoms with Crippen molar-refractivity contribution in [2.75, 3.05) is 57.7 Å². The number of aryl methyl sites for hydroxylation is 1. The monoisotopic (exact) mass is 1110 g/mol. The number of carbonyl (C=O) groups is 5. The molecule has 0 spiro atoms. The summed E-state index contributed by atoms with van der Waals surface area (Å²) in [6, 6.07) is 24.1. The van der Waals surface area contributed by atoms with Gasteiger partial charge >= 0.3 is 0 Å². The van der Waals surface area contributed by atoms with Crippen LogP contribution in [0, 0.1) is 30.0 Å². The summed E-state index contributed by atoms with van der Waals surface area (Å²) in [6.07, 6.45) is 2.75. The van der Waals surface area contributed by atoms with Crippen molar-refractivity contribution in [1.29, 1.82) is 0 Å². The molecule has 5 heterocycles. The van der Waals surface area contributed by atoms with Crippen LogP contribution < -0.4 is 20.7 Å². The van der Waals surface area contributed by atoms with Gasteiger partial charge in [-0.3, -0.25) is 34.2 Å². The number of piperazine rings is 1. The Labute approximate surface area is 468 Å². The number of nitrogens with zero attached hydrogens (tertiary/aromatic N) is 6. The van der Waals surface area contributed by atoms with Crippen LogP contribution in [-0.4, -0.2) is 135 Å². The number of hydrogen-bond acceptors (Lipinski definition) is 13. The van der Waals surface area contributed by atoms with Crippen LogP contribution in [0.3, 0.4) is 0 Å². The van der Waals surface area contributed by atoms with Gasteiger partial charge in [0.2, 0.25) is 17.7 Å². The molecule has 2 fully saturated rings. The third-order valence-electron chi connectivity index (χ3n) is 14.5. The van der Waals surface area contributed by atoms with Crippen LogP contribution in [-0.2, 0) is 38.8 Å². The zero-order valence-corrected chi connectivity index (χ0v) is 46.5. The summed E-state index contributed by atoms with van der Waals surface area (Å²) in [7, 11) is 0. The number of ether oxygens (including phenoxy) is 1. The molecule has 4 aromatic carbocycles. The lowest BCUT2D eigenvalue weighted by molar-refractivity contribution is -0.144. The molecule has 3 aliphatic rings. The summed E-state index contributed by atoms with van der Waals surface area (Å²) >= 11 is 2.82. The molecule has 0 radical (unpaired) electrons. The average Bonchev–Trinajstić information content (AvgIpc) is 4.33. The fourth-order valence-electron chi connectivity index (χ4n) is 10.3. The van der Waals surface area contributed by atoms with Gasteiger partial charge < -0.3 is 35.2 Å². The van der Waals surface area contributed by atoms with E-state index >= 15 is 4.39 Å². The molecular formula is C60H66FN9O7S2. The van der Waals surface area contributed by atoms with Gasteiger partial charge in [-0.2, -0.15) is 0 Å². The van der Waals surface area contributed by atoms with Gasteiger partial charge in [-0.15, -0.1) is 22.7 Å². The van der Waals surface area contributed by atoms with Crippen molar-refractivity contribution in [3.8, 4) is 28.0 Å². The van der Waals surface area contributed by atoms with Crippen molar-refractivity contribution >= 4 is 57.3 Å². The number of β-amino-alcohol motifs (C(OH)–C–C–N with tert-alkyl or cyclic N) is 1. The fraction of sp³-hybridized carbons (Fsp3) is 0.383. The molecule has 5 amide bonds. The van der Waals surface area contributed by atoms with Crippen molar-refractivity contribution in [2.24, 2.45) is 5.41 Å². The summed E-state index contributed by atoms with van der Waals surface area (Å²) in [5, 5.41) is 21.5. The maximum Gasteiger partial charge on any atom is 0.256 e. The number of nitrogens with one attached hydrogen (secondary N) is 3. The minimum atomic E-state index is -1.26. The number of halogens is 1. The summed E-state index contributed by atoms with van der Waals surface area (Å²) in [5.41, 5.74) is 7.01. The average molecular weight is 1110 g/mol. The van der Waals surface area contributed by atoms with Gasteiger partial charge in [0.25, 0.3) is 11.8 Å². The lowest BCUT2D eigenvalue weighted by atomic mass is 9.85.